The molecule has 2 aliphatic heterocycles. The highest BCUT2D eigenvalue weighted by molar-refractivity contribution is 6.01. The Morgan fingerprint density at radius 2 is 2.09 bits per heavy atom. The van der Waals surface area contributed by atoms with Gasteiger partial charge in [0.25, 0.3) is 0 Å². The molecule has 1 N–H and O–H groups in total. The van der Waals surface area contributed by atoms with E-state index in [0.29, 0.717) is 12.6 Å². The molecule has 23 heavy (non-hydrogen) atoms. The van der Waals surface area contributed by atoms with Crippen molar-refractivity contribution in [3.8, 4) is 0 Å². The number of nitrogens with one attached hydrogen (secondary N) is 1. The number of aryl methyl sites for hydroxylation is 2. The average molecular weight is 319 g/mol. The first kappa shape index (κ1) is 16.0. The summed E-state index contributed by atoms with van der Waals surface area (Å²) in [6, 6.07) is 2.25. The normalized spacial score (nSPS) is 22.7. The number of imide groups is 1. The first-order chi connectivity index (χ1) is 11.0. The lowest BCUT2D eigenvalue weighted by molar-refractivity contribution is -0.125. The van der Waals surface area contributed by atoms with E-state index in [9.17, 15) is 9.59 Å². The van der Waals surface area contributed by atoms with Crippen LogP contribution < -0.4 is 5.32 Å². The number of amides is 3. The first-order valence-electron chi connectivity index (χ1n) is 8.38. The van der Waals surface area contributed by atoms with Crippen molar-refractivity contribution in [3.63, 3.8) is 0 Å². The highest BCUT2D eigenvalue weighted by Crippen LogP contribution is 2.19. The van der Waals surface area contributed by atoms with Gasteiger partial charge in [-0.2, -0.15) is 5.10 Å². The van der Waals surface area contributed by atoms with E-state index < -0.39 is 0 Å². The summed E-state index contributed by atoms with van der Waals surface area (Å²) in [4.78, 5) is 27.1. The van der Waals surface area contributed by atoms with Crippen molar-refractivity contribution in [2.45, 2.75) is 45.7 Å². The largest absolute Gasteiger partial charge is 0.329 e. The summed E-state index contributed by atoms with van der Waals surface area (Å²) in [5.74, 6) is -0.123. The van der Waals surface area contributed by atoms with Gasteiger partial charge in [0.05, 0.1) is 18.8 Å². The maximum atomic E-state index is 11.7. The predicted molar refractivity (Wildman–Crippen MR) is 86.0 cm³/mol. The molecule has 2 fully saturated rings. The van der Waals surface area contributed by atoms with Crippen LogP contribution in [0.15, 0.2) is 6.07 Å². The number of urea groups is 1. The molecule has 2 saturated heterocycles. The molecule has 1 atom stereocenters. The predicted octanol–water partition coefficient (Wildman–Crippen LogP) is 0.906. The van der Waals surface area contributed by atoms with Gasteiger partial charge in [0.15, 0.2) is 0 Å². The van der Waals surface area contributed by atoms with Crippen LogP contribution in [0.5, 0.6) is 0 Å². The molecule has 0 radical (unpaired) electrons. The van der Waals surface area contributed by atoms with Crippen molar-refractivity contribution in [2.75, 3.05) is 26.2 Å². The summed E-state index contributed by atoms with van der Waals surface area (Å²) in [7, 11) is 0. The van der Waals surface area contributed by atoms with E-state index in [1.807, 2.05) is 6.92 Å². The van der Waals surface area contributed by atoms with Gasteiger partial charge in [-0.1, -0.05) is 6.42 Å². The van der Waals surface area contributed by atoms with Gasteiger partial charge in [0.2, 0.25) is 5.91 Å². The molecule has 0 saturated carbocycles. The molecule has 3 amide bonds. The van der Waals surface area contributed by atoms with Crippen LogP contribution in [0.1, 0.15) is 30.7 Å². The van der Waals surface area contributed by atoms with Gasteiger partial charge in [-0.15, -0.1) is 0 Å². The van der Waals surface area contributed by atoms with Gasteiger partial charge in [-0.05, 0) is 39.3 Å². The standard InChI is InChI=1S/C16H25N5O2/c1-12-9-13(2)21(18-12)11-14-5-3-4-6-19(14)7-8-20-15(22)10-17-16(20)23/h9,14H,3-8,10-11H2,1-2H3,(H,17,23)/t14-/m0/s1. The van der Waals surface area contributed by atoms with Crippen LogP contribution in [0.4, 0.5) is 4.79 Å². The summed E-state index contributed by atoms with van der Waals surface area (Å²) in [6.07, 6.45) is 3.54. The van der Waals surface area contributed by atoms with Crippen LogP contribution >= 0.6 is 0 Å². The lowest BCUT2D eigenvalue weighted by atomic mass is 10.0. The Hall–Kier alpha value is -1.89. The molecule has 0 aliphatic carbocycles. The molecule has 126 valence electrons. The van der Waals surface area contributed by atoms with E-state index in [1.165, 1.54) is 23.4 Å². The highest BCUT2D eigenvalue weighted by atomic mass is 16.2. The van der Waals surface area contributed by atoms with Crippen LogP contribution in [0.3, 0.4) is 0 Å². The third-order valence-corrected chi connectivity index (χ3v) is 4.78. The number of carbonyl (C=O) groups excluding carboxylic acids is 2. The summed E-state index contributed by atoms with van der Waals surface area (Å²) >= 11 is 0. The second-order valence-corrected chi connectivity index (χ2v) is 6.50. The van der Waals surface area contributed by atoms with E-state index in [-0.39, 0.29) is 18.5 Å². The Kier molecular flexibility index (Phi) is 4.66. The minimum Gasteiger partial charge on any atom is -0.329 e. The summed E-state index contributed by atoms with van der Waals surface area (Å²) in [5, 5.41) is 7.13. The molecule has 0 bridgehead atoms. The van der Waals surface area contributed by atoms with Crippen molar-refractivity contribution < 1.29 is 9.59 Å². The fourth-order valence-electron chi connectivity index (χ4n) is 3.53. The quantitative estimate of drug-likeness (QED) is 0.819. The number of rotatable bonds is 5. The Balaban J connectivity index is 1.61. The molecule has 1 aromatic rings. The number of aromatic nitrogens is 2. The van der Waals surface area contributed by atoms with Crippen LogP contribution in [0.25, 0.3) is 0 Å². The van der Waals surface area contributed by atoms with Crippen LogP contribution in [0.2, 0.25) is 0 Å². The molecular formula is C16H25N5O2. The maximum absolute atomic E-state index is 11.7. The summed E-state index contributed by atoms with van der Waals surface area (Å²) in [6.45, 7) is 7.34. The summed E-state index contributed by atoms with van der Waals surface area (Å²) in [5.41, 5.74) is 2.23. The SMILES string of the molecule is Cc1cc(C)n(C[C@@H]2CCCCN2CCN2C(=O)CNC2=O)n1. The molecule has 0 aromatic carbocycles. The van der Waals surface area contributed by atoms with Crippen molar-refractivity contribution in [1.82, 2.24) is 24.9 Å². The van der Waals surface area contributed by atoms with Crippen LogP contribution in [0, 0.1) is 13.8 Å². The summed E-state index contributed by atoms with van der Waals surface area (Å²) < 4.78 is 2.08. The number of carbonyl (C=O) groups is 2. The van der Waals surface area contributed by atoms with Crippen LogP contribution in [-0.2, 0) is 11.3 Å². The molecule has 1 aromatic heterocycles. The molecule has 2 aliphatic rings. The van der Waals surface area contributed by atoms with Crippen molar-refractivity contribution in [2.24, 2.45) is 0 Å². The van der Waals surface area contributed by atoms with Crippen molar-refractivity contribution in [1.29, 1.82) is 0 Å². The monoisotopic (exact) mass is 319 g/mol. The average Bonchev–Trinajstić information content (AvgIpc) is 3.00. The smallest absolute Gasteiger partial charge is 0.324 e. The van der Waals surface area contributed by atoms with Crippen LogP contribution in [-0.4, -0.2) is 63.7 Å². The topological polar surface area (TPSA) is 70.5 Å². The number of likely N-dealkylation sites (tertiary alicyclic amines) is 1. The molecule has 7 heteroatoms. The highest BCUT2D eigenvalue weighted by Gasteiger charge is 2.30. The van der Waals surface area contributed by atoms with Gasteiger partial charge in [0.1, 0.15) is 0 Å². The fourth-order valence-corrected chi connectivity index (χ4v) is 3.53. The van der Waals surface area contributed by atoms with Gasteiger partial charge in [0, 0.05) is 24.8 Å². The third kappa shape index (κ3) is 3.55. The molecule has 7 nitrogen and oxygen atoms in total. The van der Waals surface area contributed by atoms with E-state index in [2.05, 4.69) is 33.0 Å². The second kappa shape index (κ2) is 6.70. The molecule has 3 rings (SSSR count). The van der Waals surface area contributed by atoms with Gasteiger partial charge in [-0.3, -0.25) is 19.3 Å². The van der Waals surface area contributed by atoms with Gasteiger partial charge in [-0.25, -0.2) is 4.79 Å². The Labute approximate surface area is 136 Å². The lowest BCUT2D eigenvalue weighted by Crippen LogP contribution is -2.47. The van der Waals surface area contributed by atoms with Crippen molar-refractivity contribution in [3.05, 3.63) is 17.5 Å². The molecular weight excluding hydrogens is 294 g/mol. The minimum atomic E-state index is -0.262. The number of hydrogen-bond acceptors (Lipinski definition) is 4. The zero-order chi connectivity index (χ0) is 16.4. The Morgan fingerprint density at radius 1 is 1.26 bits per heavy atom. The van der Waals surface area contributed by atoms with Gasteiger partial charge < -0.3 is 5.32 Å². The number of piperidine rings is 1. The first-order valence-corrected chi connectivity index (χ1v) is 8.38. The lowest BCUT2D eigenvalue weighted by Gasteiger charge is -2.36. The van der Waals surface area contributed by atoms with E-state index >= 15 is 0 Å². The molecule has 0 unspecified atom stereocenters. The molecule has 3 heterocycles. The third-order valence-electron chi connectivity index (χ3n) is 4.78. The van der Waals surface area contributed by atoms with E-state index in [4.69, 9.17) is 0 Å². The Morgan fingerprint density at radius 3 is 2.74 bits per heavy atom. The molecule has 0 spiro atoms. The van der Waals surface area contributed by atoms with E-state index in [1.54, 1.807) is 0 Å². The zero-order valence-electron chi connectivity index (χ0n) is 13.9. The minimum absolute atomic E-state index is 0.123. The van der Waals surface area contributed by atoms with E-state index in [0.717, 1.165) is 31.7 Å². The van der Waals surface area contributed by atoms with Gasteiger partial charge >= 0.3 is 6.03 Å². The number of nitrogens with zero attached hydrogens (tertiary/aromatic N) is 4. The maximum Gasteiger partial charge on any atom is 0.324 e. The zero-order valence-corrected chi connectivity index (χ0v) is 13.9. The Bertz CT molecular complexity index is 581. The fraction of sp³-hybridized carbons (Fsp3) is 0.688. The van der Waals surface area contributed by atoms with Crippen molar-refractivity contribution >= 4 is 11.9 Å². The second-order valence-electron chi connectivity index (χ2n) is 6.50. The number of hydrogen-bond donors (Lipinski definition) is 1.